The van der Waals surface area contributed by atoms with Crippen molar-refractivity contribution in [2.75, 3.05) is 11.9 Å². The maximum atomic E-state index is 8.85. The van der Waals surface area contributed by atoms with Gasteiger partial charge in [-0.05, 0) is 65.7 Å². The Hall–Kier alpha value is -1.27. The fourth-order valence-corrected chi connectivity index (χ4v) is 3.34. The van der Waals surface area contributed by atoms with Crippen LogP contribution in [0, 0.1) is 23.2 Å². The van der Waals surface area contributed by atoms with E-state index in [4.69, 9.17) is 5.26 Å². The van der Waals surface area contributed by atoms with Gasteiger partial charge in [-0.1, -0.05) is 18.6 Å². The molecule has 0 saturated heterocycles. The standard InChI is InChI=1S/C16H19BrN2/c1-11-5-12(2)7-14(6-11)10-19-16-4-3-13(9-18)8-15(16)17/h3-5,8,11,14,19H,6-7,10H2,1-2H3. The lowest BCUT2D eigenvalue weighted by Gasteiger charge is -2.26. The fourth-order valence-electron chi connectivity index (χ4n) is 2.82. The topological polar surface area (TPSA) is 35.8 Å². The highest BCUT2D eigenvalue weighted by atomic mass is 79.9. The Bertz CT molecular complexity index is 528. The lowest BCUT2D eigenvalue weighted by Crippen LogP contribution is -2.20. The van der Waals surface area contributed by atoms with E-state index in [0.29, 0.717) is 17.4 Å². The zero-order valence-electron chi connectivity index (χ0n) is 11.4. The van der Waals surface area contributed by atoms with Crippen molar-refractivity contribution in [1.82, 2.24) is 0 Å². The van der Waals surface area contributed by atoms with Gasteiger partial charge in [0, 0.05) is 16.7 Å². The van der Waals surface area contributed by atoms with Gasteiger partial charge in [0.25, 0.3) is 0 Å². The van der Waals surface area contributed by atoms with Crippen LogP contribution in [0.4, 0.5) is 5.69 Å². The van der Waals surface area contributed by atoms with E-state index >= 15 is 0 Å². The van der Waals surface area contributed by atoms with Gasteiger partial charge in [0.1, 0.15) is 0 Å². The van der Waals surface area contributed by atoms with Crippen molar-refractivity contribution in [3.05, 3.63) is 39.9 Å². The molecule has 100 valence electrons. The van der Waals surface area contributed by atoms with Crippen LogP contribution >= 0.6 is 15.9 Å². The third-order valence-corrected chi connectivity index (χ3v) is 4.22. The van der Waals surface area contributed by atoms with Crippen molar-refractivity contribution in [2.24, 2.45) is 11.8 Å². The van der Waals surface area contributed by atoms with Crippen molar-refractivity contribution >= 4 is 21.6 Å². The summed E-state index contributed by atoms with van der Waals surface area (Å²) in [6.07, 6.45) is 4.82. The molecule has 1 aromatic carbocycles. The Kier molecular flexibility index (Phi) is 4.66. The molecule has 2 unspecified atom stereocenters. The van der Waals surface area contributed by atoms with E-state index < -0.39 is 0 Å². The molecular formula is C16H19BrN2. The van der Waals surface area contributed by atoms with Gasteiger partial charge in [0.2, 0.25) is 0 Å². The van der Waals surface area contributed by atoms with Gasteiger partial charge >= 0.3 is 0 Å². The van der Waals surface area contributed by atoms with Gasteiger partial charge in [-0.25, -0.2) is 0 Å². The van der Waals surface area contributed by atoms with E-state index in [1.54, 1.807) is 0 Å². The smallest absolute Gasteiger partial charge is 0.0992 e. The molecule has 0 bridgehead atoms. The summed E-state index contributed by atoms with van der Waals surface area (Å²) in [7, 11) is 0. The Morgan fingerprint density at radius 2 is 2.26 bits per heavy atom. The molecule has 2 nitrogen and oxygen atoms in total. The summed E-state index contributed by atoms with van der Waals surface area (Å²) in [4.78, 5) is 0. The quantitative estimate of drug-likeness (QED) is 0.818. The van der Waals surface area contributed by atoms with Crippen LogP contribution < -0.4 is 5.32 Å². The molecule has 0 aliphatic heterocycles. The Balaban J connectivity index is 1.96. The molecule has 0 heterocycles. The molecule has 1 aliphatic rings. The minimum absolute atomic E-state index is 0.683. The average molecular weight is 319 g/mol. The van der Waals surface area contributed by atoms with Crippen LogP contribution in [0.25, 0.3) is 0 Å². The fraction of sp³-hybridized carbons (Fsp3) is 0.438. The summed E-state index contributed by atoms with van der Waals surface area (Å²) in [6, 6.07) is 7.82. The summed E-state index contributed by atoms with van der Waals surface area (Å²) in [5.74, 6) is 1.38. The molecule has 0 radical (unpaired) electrons. The van der Waals surface area contributed by atoms with Gasteiger partial charge < -0.3 is 5.32 Å². The number of rotatable bonds is 3. The van der Waals surface area contributed by atoms with E-state index in [0.717, 1.165) is 16.7 Å². The van der Waals surface area contributed by atoms with Crippen molar-refractivity contribution in [3.63, 3.8) is 0 Å². The number of benzene rings is 1. The summed E-state index contributed by atoms with van der Waals surface area (Å²) < 4.78 is 0.961. The lowest BCUT2D eigenvalue weighted by molar-refractivity contribution is 0.421. The number of allylic oxidation sites excluding steroid dienone is 2. The molecule has 3 heteroatoms. The Morgan fingerprint density at radius 1 is 1.47 bits per heavy atom. The normalized spacial score (nSPS) is 22.5. The molecule has 19 heavy (non-hydrogen) atoms. The van der Waals surface area contributed by atoms with E-state index in [1.807, 2.05) is 18.2 Å². The number of halogens is 1. The second-order valence-corrected chi connectivity index (χ2v) is 6.34. The Morgan fingerprint density at radius 3 is 2.89 bits per heavy atom. The van der Waals surface area contributed by atoms with Crippen molar-refractivity contribution in [2.45, 2.75) is 26.7 Å². The number of nitriles is 1. The number of hydrogen-bond acceptors (Lipinski definition) is 2. The van der Waals surface area contributed by atoms with Crippen molar-refractivity contribution in [1.29, 1.82) is 5.26 Å². The van der Waals surface area contributed by atoms with Gasteiger partial charge in [-0.2, -0.15) is 5.26 Å². The first-order chi connectivity index (χ1) is 9.08. The second-order valence-electron chi connectivity index (χ2n) is 5.48. The SMILES string of the molecule is CC1=CC(C)CC(CNc2ccc(C#N)cc2Br)C1. The summed E-state index contributed by atoms with van der Waals surface area (Å²) in [6.45, 7) is 5.49. The van der Waals surface area contributed by atoms with E-state index in [1.165, 1.54) is 18.4 Å². The molecular weight excluding hydrogens is 300 g/mol. The minimum atomic E-state index is 0.683. The van der Waals surface area contributed by atoms with E-state index in [2.05, 4.69) is 47.2 Å². The molecule has 2 atom stereocenters. The van der Waals surface area contributed by atoms with Crippen LogP contribution in [-0.2, 0) is 0 Å². The van der Waals surface area contributed by atoms with Crippen LogP contribution in [0.5, 0.6) is 0 Å². The molecule has 2 rings (SSSR count). The molecule has 0 aromatic heterocycles. The van der Waals surface area contributed by atoms with Gasteiger partial charge in [0.05, 0.1) is 11.6 Å². The van der Waals surface area contributed by atoms with Crippen LogP contribution in [-0.4, -0.2) is 6.54 Å². The Labute approximate surface area is 123 Å². The van der Waals surface area contributed by atoms with Crippen LogP contribution in [0.15, 0.2) is 34.3 Å². The highest BCUT2D eigenvalue weighted by molar-refractivity contribution is 9.10. The predicted octanol–water partition coefficient (Wildman–Crippen LogP) is 4.73. The molecule has 0 amide bonds. The van der Waals surface area contributed by atoms with Gasteiger partial charge in [-0.15, -0.1) is 0 Å². The van der Waals surface area contributed by atoms with Crippen LogP contribution in [0.2, 0.25) is 0 Å². The number of hydrogen-bond donors (Lipinski definition) is 1. The molecule has 0 spiro atoms. The third-order valence-electron chi connectivity index (χ3n) is 3.56. The maximum Gasteiger partial charge on any atom is 0.0992 e. The molecule has 0 fully saturated rings. The first-order valence-electron chi connectivity index (χ1n) is 6.69. The van der Waals surface area contributed by atoms with Crippen LogP contribution in [0.3, 0.4) is 0 Å². The second kappa shape index (κ2) is 6.25. The molecule has 1 aliphatic carbocycles. The van der Waals surface area contributed by atoms with Gasteiger partial charge in [0.15, 0.2) is 0 Å². The molecule has 1 N–H and O–H groups in total. The largest absolute Gasteiger partial charge is 0.384 e. The first kappa shape index (κ1) is 14.1. The highest BCUT2D eigenvalue weighted by Gasteiger charge is 2.17. The predicted molar refractivity (Wildman–Crippen MR) is 83.0 cm³/mol. The summed E-state index contributed by atoms with van der Waals surface area (Å²) >= 11 is 3.51. The van der Waals surface area contributed by atoms with Crippen molar-refractivity contribution < 1.29 is 0 Å². The molecule has 0 saturated carbocycles. The highest BCUT2D eigenvalue weighted by Crippen LogP contribution is 2.29. The van der Waals surface area contributed by atoms with Crippen LogP contribution in [0.1, 0.15) is 32.3 Å². The monoisotopic (exact) mass is 318 g/mol. The third kappa shape index (κ3) is 3.84. The van der Waals surface area contributed by atoms with E-state index in [9.17, 15) is 0 Å². The zero-order valence-corrected chi connectivity index (χ0v) is 13.0. The van der Waals surface area contributed by atoms with E-state index in [-0.39, 0.29) is 0 Å². The minimum Gasteiger partial charge on any atom is -0.384 e. The maximum absolute atomic E-state index is 8.85. The van der Waals surface area contributed by atoms with Gasteiger partial charge in [-0.3, -0.25) is 0 Å². The lowest BCUT2D eigenvalue weighted by atomic mass is 9.84. The molecule has 1 aromatic rings. The number of nitrogens with zero attached hydrogens (tertiary/aromatic N) is 1. The average Bonchev–Trinajstić information content (AvgIpc) is 2.36. The van der Waals surface area contributed by atoms with Crippen molar-refractivity contribution in [3.8, 4) is 6.07 Å². The first-order valence-corrected chi connectivity index (χ1v) is 7.48. The zero-order chi connectivity index (χ0) is 13.8. The number of anilines is 1. The summed E-state index contributed by atoms with van der Waals surface area (Å²) in [5.41, 5.74) is 3.26. The summed E-state index contributed by atoms with van der Waals surface area (Å²) in [5, 5.41) is 12.3. The number of nitrogens with one attached hydrogen (secondary N) is 1.